The Morgan fingerprint density at radius 1 is 1.25 bits per heavy atom. The summed E-state index contributed by atoms with van der Waals surface area (Å²) in [7, 11) is -1.53. The van der Waals surface area contributed by atoms with E-state index in [9.17, 15) is 8.42 Å². The van der Waals surface area contributed by atoms with Crippen LogP contribution in [0.2, 0.25) is 0 Å². The largest absolute Gasteiger partial charge is 0.383 e. The first-order valence-corrected chi connectivity index (χ1v) is 8.45. The first-order chi connectivity index (χ1) is 9.27. The molecular weight excluding hydrogens is 278 g/mol. The monoisotopic (exact) mass is 301 g/mol. The van der Waals surface area contributed by atoms with Crippen molar-refractivity contribution < 1.29 is 13.2 Å². The number of hydrogen-bond acceptors (Lipinski definition) is 6. The summed E-state index contributed by atoms with van der Waals surface area (Å²) in [6.45, 7) is 7.40. The fourth-order valence-electron chi connectivity index (χ4n) is 1.78. The van der Waals surface area contributed by atoms with E-state index in [1.54, 1.807) is 14.0 Å². The first kappa shape index (κ1) is 17.0. The molecule has 7 heteroatoms. The molecular formula is C13H23N3O3S. The van der Waals surface area contributed by atoms with E-state index in [2.05, 4.69) is 15.3 Å². The summed E-state index contributed by atoms with van der Waals surface area (Å²) in [4.78, 5) is 8.68. The summed E-state index contributed by atoms with van der Waals surface area (Å²) in [5.41, 5.74) is 2.63. The van der Waals surface area contributed by atoms with Gasteiger partial charge in [-0.3, -0.25) is 0 Å². The Morgan fingerprint density at radius 2 is 1.80 bits per heavy atom. The lowest BCUT2D eigenvalue weighted by atomic mass is 10.1. The van der Waals surface area contributed by atoms with Crippen LogP contribution in [0.1, 0.15) is 34.9 Å². The van der Waals surface area contributed by atoms with Gasteiger partial charge in [-0.25, -0.2) is 18.4 Å². The maximum Gasteiger partial charge on any atom is 0.157 e. The van der Waals surface area contributed by atoms with Gasteiger partial charge in [-0.1, -0.05) is 0 Å². The Balaban J connectivity index is 2.92. The lowest BCUT2D eigenvalue weighted by Crippen LogP contribution is -2.21. The molecule has 114 valence electrons. The van der Waals surface area contributed by atoms with E-state index in [1.165, 1.54) is 6.26 Å². The van der Waals surface area contributed by atoms with Crippen molar-refractivity contribution in [2.24, 2.45) is 0 Å². The standard InChI is InChI=1S/C13H23N3O3S/c1-9-12(8-14-6-7-19-4)10(2)16-13(15-9)11(3)20(5,17)18/h11,14H,6-8H2,1-5H3. The Kier molecular flexibility index (Phi) is 6.04. The van der Waals surface area contributed by atoms with Crippen molar-refractivity contribution in [2.45, 2.75) is 32.6 Å². The summed E-state index contributed by atoms with van der Waals surface area (Å²) >= 11 is 0. The summed E-state index contributed by atoms with van der Waals surface area (Å²) in [5.74, 6) is 0.364. The normalized spacial score (nSPS) is 13.4. The molecule has 1 heterocycles. The molecule has 0 aliphatic heterocycles. The van der Waals surface area contributed by atoms with Gasteiger partial charge in [0.1, 0.15) is 11.1 Å². The van der Waals surface area contributed by atoms with Crippen LogP contribution in [0.4, 0.5) is 0 Å². The average molecular weight is 301 g/mol. The van der Waals surface area contributed by atoms with Crippen molar-refractivity contribution >= 4 is 9.84 Å². The highest BCUT2D eigenvalue weighted by molar-refractivity contribution is 7.90. The zero-order valence-electron chi connectivity index (χ0n) is 12.7. The number of nitrogens with one attached hydrogen (secondary N) is 1. The molecule has 0 aliphatic carbocycles. The summed E-state index contributed by atoms with van der Waals surface area (Å²) in [5, 5.41) is 2.56. The molecule has 6 nitrogen and oxygen atoms in total. The van der Waals surface area contributed by atoms with Gasteiger partial charge in [0.15, 0.2) is 9.84 Å². The van der Waals surface area contributed by atoms with Crippen molar-refractivity contribution in [3.8, 4) is 0 Å². The fraction of sp³-hybridized carbons (Fsp3) is 0.692. The zero-order chi connectivity index (χ0) is 15.3. The maximum atomic E-state index is 11.6. The molecule has 1 N–H and O–H groups in total. The highest BCUT2D eigenvalue weighted by Gasteiger charge is 2.21. The van der Waals surface area contributed by atoms with E-state index in [4.69, 9.17) is 4.74 Å². The molecule has 1 unspecified atom stereocenters. The Labute approximate surface area is 120 Å². The van der Waals surface area contributed by atoms with Crippen LogP contribution >= 0.6 is 0 Å². The molecule has 1 atom stereocenters. The minimum atomic E-state index is -3.18. The number of rotatable bonds is 7. The van der Waals surface area contributed by atoms with Gasteiger partial charge in [0, 0.05) is 43.4 Å². The molecule has 1 rings (SSSR count). The maximum absolute atomic E-state index is 11.6. The van der Waals surface area contributed by atoms with Gasteiger partial charge in [0.25, 0.3) is 0 Å². The van der Waals surface area contributed by atoms with Crippen LogP contribution in [-0.4, -0.2) is 44.9 Å². The second-order valence-corrected chi connectivity index (χ2v) is 7.24. The molecule has 0 saturated carbocycles. The molecule has 0 saturated heterocycles. The van der Waals surface area contributed by atoms with Gasteiger partial charge >= 0.3 is 0 Å². The number of aromatic nitrogens is 2. The van der Waals surface area contributed by atoms with Crippen LogP contribution in [0.3, 0.4) is 0 Å². The van der Waals surface area contributed by atoms with E-state index >= 15 is 0 Å². The molecule has 1 aromatic heterocycles. The van der Waals surface area contributed by atoms with Crippen molar-refractivity contribution in [1.29, 1.82) is 0 Å². The molecule has 0 spiro atoms. The quantitative estimate of drug-likeness (QED) is 0.755. The van der Waals surface area contributed by atoms with Gasteiger partial charge in [-0.2, -0.15) is 0 Å². The van der Waals surface area contributed by atoms with Crippen molar-refractivity contribution in [3.63, 3.8) is 0 Å². The lowest BCUT2D eigenvalue weighted by Gasteiger charge is -2.14. The zero-order valence-corrected chi connectivity index (χ0v) is 13.5. The second kappa shape index (κ2) is 7.10. The highest BCUT2D eigenvalue weighted by Crippen LogP contribution is 2.20. The van der Waals surface area contributed by atoms with E-state index < -0.39 is 15.1 Å². The van der Waals surface area contributed by atoms with Crippen molar-refractivity contribution in [1.82, 2.24) is 15.3 Å². The minimum absolute atomic E-state index is 0.364. The van der Waals surface area contributed by atoms with E-state index in [0.29, 0.717) is 19.0 Å². The molecule has 20 heavy (non-hydrogen) atoms. The van der Waals surface area contributed by atoms with Crippen LogP contribution in [0.15, 0.2) is 0 Å². The van der Waals surface area contributed by atoms with E-state index in [-0.39, 0.29) is 0 Å². The van der Waals surface area contributed by atoms with Gasteiger partial charge in [0.2, 0.25) is 0 Å². The van der Waals surface area contributed by atoms with Crippen molar-refractivity contribution in [2.75, 3.05) is 26.5 Å². The summed E-state index contributed by atoms with van der Waals surface area (Å²) in [6.07, 6.45) is 1.20. The number of hydrogen-bond donors (Lipinski definition) is 1. The van der Waals surface area contributed by atoms with Gasteiger partial charge in [-0.05, 0) is 20.8 Å². The van der Waals surface area contributed by atoms with Crippen LogP contribution in [0.5, 0.6) is 0 Å². The number of methoxy groups -OCH3 is 1. The van der Waals surface area contributed by atoms with Gasteiger partial charge in [-0.15, -0.1) is 0 Å². The average Bonchev–Trinajstić information content (AvgIpc) is 2.34. The van der Waals surface area contributed by atoms with Gasteiger partial charge < -0.3 is 10.1 Å². The fourth-order valence-corrected chi connectivity index (χ4v) is 2.27. The van der Waals surface area contributed by atoms with E-state index in [0.717, 1.165) is 23.5 Å². The molecule has 0 aromatic carbocycles. The number of aryl methyl sites for hydroxylation is 2. The van der Waals surface area contributed by atoms with Crippen LogP contribution in [0.25, 0.3) is 0 Å². The third-order valence-electron chi connectivity index (χ3n) is 3.23. The predicted octanol–water partition coefficient (Wildman–Crippen LogP) is 0.935. The predicted molar refractivity (Wildman–Crippen MR) is 78.3 cm³/mol. The summed E-state index contributed by atoms with van der Waals surface area (Å²) in [6, 6.07) is 0. The molecule has 1 aromatic rings. The van der Waals surface area contributed by atoms with E-state index in [1.807, 2.05) is 13.8 Å². The lowest BCUT2D eigenvalue weighted by molar-refractivity contribution is 0.199. The third kappa shape index (κ3) is 4.50. The number of sulfone groups is 1. The Bertz CT molecular complexity index is 535. The Morgan fingerprint density at radius 3 is 2.25 bits per heavy atom. The molecule has 0 fully saturated rings. The SMILES string of the molecule is COCCNCc1c(C)nc(C(C)S(C)(=O)=O)nc1C. The summed E-state index contributed by atoms with van der Waals surface area (Å²) < 4.78 is 28.1. The van der Waals surface area contributed by atoms with Crippen LogP contribution < -0.4 is 5.32 Å². The smallest absolute Gasteiger partial charge is 0.157 e. The highest BCUT2D eigenvalue weighted by atomic mass is 32.2. The Hall–Kier alpha value is -1.05. The first-order valence-electron chi connectivity index (χ1n) is 6.50. The molecule has 0 radical (unpaired) electrons. The molecule has 0 bridgehead atoms. The topological polar surface area (TPSA) is 81.2 Å². The molecule has 0 aliphatic rings. The number of ether oxygens (including phenoxy) is 1. The van der Waals surface area contributed by atoms with Gasteiger partial charge in [0.05, 0.1) is 6.61 Å². The third-order valence-corrected chi connectivity index (χ3v) is 4.72. The van der Waals surface area contributed by atoms with Crippen molar-refractivity contribution in [3.05, 3.63) is 22.8 Å². The number of nitrogens with zero attached hydrogens (tertiary/aromatic N) is 2. The van der Waals surface area contributed by atoms with Crippen LogP contribution in [-0.2, 0) is 21.1 Å². The minimum Gasteiger partial charge on any atom is -0.383 e. The second-order valence-electron chi connectivity index (χ2n) is 4.87. The van der Waals surface area contributed by atoms with Crippen LogP contribution in [0, 0.1) is 13.8 Å². The molecule has 0 amide bonds.